The average molecular weight is 267 g/mol. The molecule has 6 heteroatoms. The Morgan fingerprint density at radius 3 is 2.28 bits per heavy atom. The number of carbonyl (C=O) groups excluding carboxylic acids is 2. The summed E-state index contributed by atoms with van der Waals surface area (Å²) in [5.41, 5.74) is -0.0134. The Balaban J connectivity index is 2.85. The van der Waals surface area contributed by atoms with Crippen LogP contribution in [0.15, 0.2) is 29.2 Å². The number of ketones is 2. The zero-order valence-corrected chi connectivity index (χ0v) is 10.9. The van der Waals surface area contributed by atoms with Crippen LogP contribution < -0.4 is 0 Å². The number of benzene rings is 1. The van der Waals surface area contributed by atoms with Crippen LogP contribution in [0.5, 0.6) is 0 Å². The lowest BCUT2D eigenvalue weighted by Crippen LogP contribution is -2.23. The van der Waals surface area contributed by atoms with Gasteiger partial charge in [0.25, 0.3) is 5.69 Å². The molecule has 0 saturated carbocycles. The summed E-state index contributed by atoms with van der Waals surface area (Å²) >= 11 is 1.13. The molecule has 0 spiro atoms. The van der Waals surface area contributed by atoms with Crippen LogP contribution in [-0.4, -0.2) is 21.7 Å². The number of Topliss-reactive ketones (excluding diaryl/α,β-unsaturated/α-hetero) is 2. The zero-order valence-electron chi connectivity index (χ0n) is 10.1. The fourth-order valence-corrected chi connectivity index (χ4v) is 2.37. The molecule has 1 aromatic carbocycles. The van der Waals surface area contributed by atoms with E-state index in [2.05, 4.69) is 0 Å². The van der Waals surface area contributed by atoms with Crippen LogP contribution in [-0.2, 0) is 9.59 Å². The van der Waals surface area contributed by atoms with Crippen LogP contribution in [0.3, 0.4) is 0 Å². The Morgan fingerprint density at radius 2 is 1.89 bits per heavy atom. The molecule has 96 valence electrons. The van der Waals surface area contributed by atoms with Crippen molar-refractivity contribution in [1.29, 1.82) is 0 Å². The number of non-ortho nitro benzene ring substituents is 1. The zero-order chi connectivity index (χ0) is 13.7. The van der Waals surface area contributed by atoms with E-state index in [-0.39, 0.29) is 17.3 Å². The largest absolute Gasteiger partial charge is 0.298 e. The molecule has 0 aromatic heterocycles. The summed E-state index contributed by atoms with van der Waals surface area (Å²) in [7, 11) is 0. The lowest BCUT2D eigenvalue weighted by Gasteiger charge is -2.10. The number of carbonyl (C=O) groups is 2. The molecule has 0 saturated heterocycles. The van der Waals surface area contributed by atoms with Gasteiger partial charge in [-0.2, -0.15) is 0 Å². The maximum atomic E-state index is 11.6. The Bertz CT molecular complexity index is 469. The standard InChI is InChI=1S/C12H13NO4S/c1-3-11(15)12(8(2)14)18-10-6-4-9(5-7-10)13(16)17/h4-7,12H,3H2,1-2H3. The van der Waals surface area contributed by atoms with Gasteiger partial charge in [0.1, 0.15) is 5.25 Å². The van der Waals surface area contributed by atoms with Crippen LogP contribution >= 0.6 is 11.8 Å². The van der Waals surface area contributed by atoms with Crippen molar-refractivity contribution < 1.29 is 14.5 Å². The predicted octanol–water partition coefficient (Wildman–Crippen LogP) is 2.62. The van der Waals surface area contributed by atoms with Gasteiger partial charge in [0.15, 0.2) is 11.6 Å². The van der Waals surface area contributed by atoms with Crippen molar-refractivity contribution in [3.8, 4) is 0 Å². The first-order valence-electron chi connectivity index (χ1n) is 5.40. The minimum atomic E-state index is -0.726. The molecule has 0 aliphatic heterocycles. The lowest BCUT2D eigenvalue weighted by atomic mass is 10.2. The van der Waals surface area contributed by atoms with Gasteiger partial charge in [0.2, 0.25) is 0 Å². The second-order valence-electron chi connectivity index (χ2n) is 3.68. The Morgan fingerprint density at radius 1 is 1.33 bits per heavy atom. The molecule has 0 aliphatic rings. The van der Waals surface area contributed by atoms with Gasteiger partial charge in [0, 0.05) is 23.4 Å². The second kappa shape index (κ2) is 6.30. The Kier molecular flexibility index (Phi) is 5.03. The van der Waals surface area contributed by atoms with E-state index in [1.165, 1.54) is 19.1 Å². The number of nitrogens with zero attached hydrogens (tertiary/aromatic N) is 1. The summed E-state index contributed by atoms with van der Waals surface area (Å²) in [5.74, 6) is -0.337. The molecule has 0 radical (unpaired) electrons. The molecule has 1 atom stereocenters. The molecular formula is C12H13NO4S. The molecule has 1 aromatic rings. The maximum Gasteiger partial charge on any atom is 0.269 e. The lowest BCUT2D eigenvalue weighted by molar-refractivity contribution is -0.384. The van der Waals surface area contributed by atoms with Gasteiger partial charge in [-0.05, 0) is 19.1 Å². The molecule has 0 fully saturated rings. The van der Waals surface area contributed by atoms with E-state index < -0.39 is 10.2 Å². The fourth-order valence-electron chi connectivity index (χ4n) is 1.34. The highest BCUT2D eigenvalue weighted by Gasteiger charge is 2.22. The third kappa shape index (κ3) is 3.66. The van der Waals surface area contributed by atoms with Crippen molar-refractivity contribution in [3.63, 3.8) is 0 Å². The summed E-state index contributed by atoms with van der Waals surface area (Å²) in [6.07, 6.45) is 0.296. The SMILES string of the molecule is CCC(=O)C(Sc1ccc([N+](=O)[O-])cc1)C(C)=O. The van der Waals surface area contributed by atoms with E-state index in [4.69, 9.17) is 0 Å². The van der Waals surface area contributed by atoms with Crippen molar-refractivity contribution in [1.82, 2.24) is 0 Å². The van der Waals surface area contributed by atoms with Crippen LogP contribution in [0.4, 0.5) is 5.69 Å². The fraction of sp³-hybridized carbons (Fsp3) is 0.333. The van der Waals surface area contributed by atoms with E-state index in [9.17, 15) is 19.7 Å². The highest BCUT2D eigenvalue weighted by atomic mass is 32.2. The van der Waals surface area contributed by atoms with E-state index >= 15 is 0 Å². The van der Waals surface area contributed by atoms with Gasteiger partial charge in [-0.25, -0.2) is 0 Å². The number of nitro benzene ring substituents is 1. The Hall–Kier alpha value is -1.69. The van der Waals surface area contributed by atoms with Crippen LogP contribution in [0.1, 0.15) is 20.3 Å². The number of hydrogen-bond acceptors (Lipinski definition) is 5. The number of thioether (sulfide) groups is 1. The van der Waals surface area contributed by atoms with E-state index in [1.807, 2.05) is 0 Å². The smallest absolute Gasteiger partial charge is 0.269 e. The molecule has 18 heavy (non-hydrogen) atoms. The summed E-state index contributed by atoms with van der Waals surface area (Å²) in [4.78, 5) is 33.6. The molecule has 0 N–H and O–H groups in total. The Labute approximate surface area is 109 Å². The van der Waals surface area contributed by atoms with E-state index in [1.54, 1.807) is 19.1 Å². The van der Waals surface area contributed by atoms with Crippen molar-refractivity contribution in [2.45, 2.75) is 30.4 Å². The normalized spacial score (nSPS) is 11.9. The average Bonchev–Trinajstić information content (AvgIpc) is 2.35. The molecule has 5 nitrogen and oxygen atoms in total. The van der Waals surface area contributed by atoms with Gasteiger partial charge in [-0.3, -0.25) is 19.7 Å². The van der Waals surface area contributed by atoms with Gasteiger partial charge in [0.05, 0.1) is 4.92 Å². The molecule has 1 rings (SSSR count). The quantitative estimate of drug-likeness (QED) is 0.342. The molecule has 0 amide bonds. The number of rotatable bonds is 6. The molecule has 0 heterocycles. The predicted molar refractivity (Wildman–Crippen MR) is 68.7 cm³/mol. The third-order valence-electron chi connectivity index (χ3n) is 2.31. The van der Waals surface area contributed by atoms with Crippen molar-refractivity contribution in [2.75, 3.05) is 0 Å². The van der Waals surface area contributed by atoms with Gasteiger partial charge < -0.3 is 0 Å². The second-order valence-corrected chi connectivity index (χ2v) is 4.86. The minimum Gasteiger partial charge on any atom is -0.298 e. The van der Waals surface area contributed by atoms with Crippen molar-refractivity contribution in [3.05, 3.63) is 34.4 Å². The van der Waals surface area contributed by atoms with E-state index in [0.29, 0.717) is 11.3 Å². The van der Waals surface area contributed by atoms with Crippen molar-refractivity contribution >= 4 is 29.0 Å². The van der Waals surface area contributed by atoms with Crippen LogP contribution in [0, 0.1) is 10.1 Å². The monoisotopic (exact) mass is 267 g/mol. The van der Waals surface area contributed by atoms with Crippen molar-refractivity contribution in [2.24, 2.45) is 0 Å². The highest BCUT2D eigenvalue weighted by Crippen LogP contribution is 2.27. The molecular weight excluding hydrogens is 254 g/mol. The first-order valence-corrected chi connectivity index (χ1v) is 6.28. The molecule has 1 unspecified atom stereocenters. The number of nitro groups is 1. The summed E-state index contributed by atoms with van der Waals surface area (Å²) < 4.78 is 0. The summed E-state index contributed by atoms with van der Waals surface area (Å²) in [6.45, 7) is 3.07. The first kappa shape index (κ1) is 14.4. The van der Waals surface area contributed by atoms with Gasteiger partial charge >= 0.3 is 0 Å². The molecule has 0 aliphatic carbocycles. The number of hydrogen-bond donors (Lipinski definition) is 0. The first-order chi connectivity index (χ1) is 8.45. The van der Waals surface area contributed by atoms with Gasteiger partial charge in [-0.1, -0.05) is 6.92 Å². The topological polar surface area (TPSA) is 77.3 Å². The summed E-state index contributed by atoms with van der Waals surface area (Å²) in [5, 5.41) is 9.76. The van der Waals surface area contributed by atoms with Gasteiger partial charge in [-0.15, -0.1) is 11.8 Å². The highest BCUT2D eigenvalue weighted by molar-refractivity contribution is 8.01. The molecule has 0 bridgehead atoms. The third-order valence-corrected chi connectivity index (χ3v) is 3.69. The maximum absolute atomic E-state index is 11.6. The van der Waals surface area contributed by atoms with E-state index in [0.717, 1.165) is 11.8 Å². The minimum absolute atomic E-state index is 0.0134. The van der Waals surface area contributed by atoms with Crippen LogP contribution in [0.2, 0.25) is 0 Å². The summed E-state index contributed by atoms with van der Waals surface area (Å²) in [6, 6.07) is 5.80. The van der Waals surface area contributed by atoms with Crippen LogP contribution in [0.25, 0.3) is 0 Å².